The highest BCUT2D eigenvalue weighted by Crippen LogP contribution is 2.20. The van der Waals surface area contributed by atoms with E-state index in [1.54, 1.807) is 0 Å². The normalized spacial score (nSPS) is 10.2. The van der Waals surface area contributed by atoms with E-state index in [2.05, 4.69) is 4.98 Å². The maximum atomic E-state index is 10.5. The highest BCUT2D eigenvalue weighted by Gasteiger charge is 2.11. The van der Waals surface area contributed by atoms with E-state index in [9.17, 15) is 4.79 Å². The summed E-state index contributed by atoms with van der Waals surface area (Å²) < 4.78 is 5.06. The van der Waals surface area contributed by atoms with Crippen molar-refractivity contribution in [2.45, 2.75) is 6.92 Å². The molecule has 1 heterocycles. The maximum Gasteiger partial charge on any atom is 0.392 e. The van der Waals surface area contributed by atoms with Crippen LogP contribution in [0.2, 0.25) is 0 Å². The van der Waals surface area contributed by atoms with Gasteiger partial charge in [0.1, 0.15) is 0 Å². The van der Waals surface area contributed by atoms with E-state index in [-0.39, 0.29) is 5.89 Å². The first-order valence-electron chi connectivity index (χ1n) is 4.43. The van der Waals surface area contributed by atoms with Gasteiger partial charge in [0.25, 0.3) is 0 Å². The highest BCUT2D eigenvalue weighted by atomic mass is 16.4. The Balaban J connectivity index is 2.37. The maximum absolute atomic E-state index is 10.5. The van der Waals surface area contributed by atoms with Gasteiger partial charge < -0.3 is 9.52 Å². The van der Waals surface area contributed by atoms with Gasteiger partial charge in [-0.1, -0.05) is 29.8 Å². The third kappa shape index (κ3) is 1.88. The minimum atomic E-state index is -1.16. The number of aromatic nitrogens is 1. The molecule has 0 atom stereocenters. The van der Waals surface area contributed by atoms with Crippen molar-refractivity contribution in [3.63, 3.8) is 0 Å². The largest absolute Gasteiger partial charge is 0.474 e. The summed E-state index contributed by atoms with van der Waals surface area (Å²) in [5, 5.41) is 8.63. The van der Waals surface area contributed by atoms with Gasteiger partial charge in [-0.15, -0.1) is 0 Å². The molecule has 0 unspecified atom stereocenters. The van der Waals surface area contributed by atoms with Gasteiger partial charge in [-0.05, 0) is 6.92 Å². The molecule has 15 heavy (non-hydrogen) atoms. The van der Waals surface area contributed by atoms with Crippen LogP contribution in [-0.2, 0) is 0 Å². The van der Waals surface area contributed by atoms with Gasteiger partial charge in [-0.25, -0.2) is 9.78 Å². The topological polar surface area (TPSA) is 63.3 Å². The van der Waals surface area contributed by atoms with Crippen LogP contribution >= 0.6 is 0 Å². The van der Waals surface area contributed by atoms with Crippen molar-refractivity contribution in [3.8, 4) is 11.3 Å². The lowest BCUT2D eigenvalue weighted by molar-refractivity contribution is 0.0654. The molecule has 0 fully saturated rings. The summed E-state index contributed by atoms with van der Waals surface area (Å²) in [5.74, 6) is -0.980. The first-order valence-corrected chi connectivity index (χ1v) is 4.43. The lowest BCUT2D eigenvalue weighted by atomic mass is 10.1. The molecule has 2 rings (SSSR count). The zero-order valence-corrected chi connectivity index (χ0v) is 8.10. The van der Waals surface area contributed by atoms with Crippen molar-refractivity contribution < 1.29 is 14.3 Å². The van der Waals surface area contributed by atoms with Gasteiger partial charge >= 0.3 is 11.9 Å². The highest BCUT2D eigenvalue weighted by molar-refractivity contribution is 5.82. The summed E-state index contributed by atoms with van der Waals surface area (Å²) in [6.45, 7) is 1.98. The molecule has 0 spiro atoms. The Morgan fingerprint density at radius 3 is 2.53 bits per heavy atom. The van der Waals surface area contributed by atoms with E-state index in [1.807, 2.05) is 31.2 Å². The Hall–Kier alpha value is -2.10. The number of carbonyl (C=O) groups is 1. The molecule has 1 N–H and O–H groups in total. The SMILES string of the molecule is Cc1ccc(-c2cnc(C(=O)O)o2)cc1. The molecule has 0 aliphatic heterocycles. The standard InChI is InChI=1S/C11H9NO3/c1-7-2-4-8(5-3-7)9-6-12-10(15-9)11(13)14/h2-6H,1H3,(H,13,14). The van der Waals surface area contributed by atoms with E-state index >= 15 is 0 Å². The Morgan fingerprint density at radius 1 is 1.33 bits per heavy atom. The smallest absolute Gasteiger partial charge is 0.392 e. The van der Waals surface area contributed by atoms with Gasteiger partial charge in [0, 0.05) is 5.56 Å². The monoisotopic (exact) mass is 203 g/mol. The van der Waals surface area contributed by atoms with Gasteiger partial charge in [0.15, 0.2) is 5.76 Å². The number of aromatic carboxylic acids is 1. The zero-order valence-electron chi connectivity index (χ0n) is 8.10. The molecule has 0 saturated heterocycles. The molecular formula is C11H9NO3. The van der Waals surface area contributed by atoms with Crippen molar-refractivity contribution >= 4 is 5.97 Å². The second-order valence-corrected chi connectivity index (χ2v) is 3.20. The number of rotatable bonds is 2. The molecular weight excluding hydrogens is 194 g/mol. The van der Waals surface area contributed by atoms with Crippen LogP contribution in [0.3, 0.4) is 0 Å². The zero-order chi connectivity index (χ0) is 10.8. The van der Waals surface area contributed by atoms with E-state index in [0.717, 1.165) is 11.1 Å². The van der Waals surface area contributed by atoms with Crippen LogP contribution in [0.15, 0.2) is 34.9 Å². The van der Waals surface area contributed by atoms with E-state index < -0.39 is 5.97 Å². The Labute approximate surface area is 86.2 Å². The minimum absolute atomic E-state index is 0.287. The summed E-state index contributed by atoms with van der Waals surface area (Å²) >= 11 is 0. The van der Waals surface area contributed by atoms with Crippen molar-refractivity contribution in [2.24, 2.45) is 0 Å². The molecule has 0 bridgehead atoms. The van der Waals surface area contributed by atoms with Crippen LogP contribution in [0, 0.1) is 6.92 Å². The van der Waals surface area contributed by atoms with Crippen molar-refractivity contribution in [1.29, 1.82) is 0 Å². The number of oxazole rings is 1. The van der Waals surface area contributed by atoms with Crippen molar-refractivity contribution in [3.05, 3.63) is 41.9 Å². The van der Waals surface area contributed by atoms with Crippen molar-refractivity contribution in [1.82, 2.24) is 4.98 Å². The summed E-state index contributed by atoms with van der Waals surface area (Å²) in [7, 11) is 0. The molecule has 4 nitrogen and oxygen atoms in total. The first kappa shape index (κ1) is 9.45. The third-order valence-electron chi connectivity index (χ3n) is 2.02. The predicted molar refractivity (Wildman–Crippen MR) is 53.6 cm³/mol. The summed E-state index contributed by atoms with van der Waals surface area (Å²) in [5.41, 5.74) is 1.96. The Morgan fingerprint density at radius 2 is 2.00 bits per heavy atom. The average molecular weight is 203 g/mol. The number of carboxylic acid groups (broad SMARTS) is 1. The summed E-state index contributed by atoms with van der Waals surface area (Å²) in [4.78, 5) is 14.2. The lowest BCUT2D eigenvalue weighted by Crippen LogP contribution is -1.94. The van der Waals surface area contributed by atoms with Crippen LogP contribution < -0.4 is 0 Å². The number of nitrogens with zero attached hydrogens (tertiary/aromatic N) is 1. The number of hydrogen-bond donors (Lipinski definition) is 1. The van der Waals surface area contributed by atoms with Crippen LogP contribution in [0.25, 0.3) is 11.3 Å². The molecule has 1 aromatic carbocycles. The second kappa shape index (κ2) is 3.57. The molecule has 4 heteroatoms. The molecule has 2 aromatic rings. The van der Waals surface area contributed by atoms with E-state index in [0.29, 0.717) is 5.76 Å². The summed E-state index contributed by atoms with van der Waals surface area (Å²) in [6.07, 6.45) is 1.41. The lowest BCUT2D eigenvalue weighted by Gasteiger charge is -1.95. The van der Waals surface area contributed by atoms with Crippen LogP contribution in [0.5, 0.6) is 0 Å². The number of hydrogen-bond acceptors (Lipinski definition) is 3. The second-order valence-electron chi connectivity index (χ2n) is 3.20. The average Bonchev–Trinajstić information content (AvgIpc) is 2.68. The fraction of sp³-hybridized carbons (Fsp3) is 0.0909. The van der Waals surface area contributed by atoms with Gasteiger partial charge in [-0.3, -0.25) is 0 Å². The molecule has 0 saturated carbocycles. The molecule has 0 amide bonds. The van der Waals surface area contributed by atoms with Crippen LogP contribution in [-0.4, -0.2) is 16.1 Å². The Kier molecular flexibility index (Phi) is 2.25. The van der Waals surface area contributed by atoms with E-state index in [4.69, 9.17) is 9.52 Å². The fourth-order valence-electron chi connectivity index (χ4n) is 1.22. The quantitative estimate of drug-likeness (QED) is 0.813. The van der Waals surface area contributed by atoms with Crippen molar-refractivity contribution in [2.75, 3.05) is 0 Å². The molecule has 0 aliphatic carbocycles. The summed E-state index contributed by atoms with van der Waals surface area (Å²) in [6, 6.07) is 7.58. The number of carboxylic acids is 1. The number of aryl methyl sites for hydroxylation is 1. The van der Waals surface area contributed by atoms with Crippen LogP contribution in [0.1, 0.15) is 16.2 Å². The minimum Gasteiger partial charge on any atom is -0.474 e. The number of benzene rings is 1. The third-order valence-corrected chi connectivity index (χ3v) is 2.02. The first-order chi connectivity index (χ1) is 7.16. The molecule has 1 aromatic heterocycles. The molecule has 0 aliphatic rings. The van der Waals surface area contributed by atoms with Gasteiger partial charge in [-0.2, -0.15) is 0 Å². The Bertz CT molecular complexity index is 485. The predicted octanol–water partition coefficient (Wildman–Crippen LogP) is 2.35. The van der Waals surface area contributed by atoms with Gasteiger partial charge in [0.2, 0.25) is 0 Å². The van der Waals surface area contributed by atoms with Crippen LogP contribution in [0.4, 0.5) is 0 Å². The molecule has 0 radical (unpaired) electrons. The molecule has 76 valence electrons. The fourth-order valence-corrected chi connectivity index (χ4v) is 1.22. The van der Waals surface area contributed by atoms with Gasteiger partial charge in [0.05, 0.1) is 6.20 Å². The van der Waals surface area contributed by atoms with E-state index in [1.165, 1.54) is 6.20 Å².